The van der Waals surface area contributed by atoms with E-state index in [1.165, 1.54) is 29.1 Å². The van der Waals surface area contributed by atoms with Crippen molar-refractivity contribution >= 4 is 32.9 Å². The fourth-order valence-corrected chi connectivity index (χ4v) is 4.89. The minimum absolute atomic E-state index is 0.144. The summed E-state index contributed by atoms with van der Waals surface area (Å²) in [6.07, 6.45) is 4.01. The maximum absolute atomic E-state index is 12.3. The summed E-state index contributed by atoms with van der Waals surface area (Å²) in [7, 11) is -3.31. The van der Waals surface area contributed by atoms with Gasteiger partial charge in [-0.3, -0.25) is 4.79 Å². The Hall–Kier alpha value is -1.99. The average Bonchev–Trinajstić information content (AvgIpc) is 3.01. The highest BCUT2D eigenvalue weighted by molar-refractivity contribution is 7.90. The summed E-state index contributed by atoms with van der Waals surface area (Å²) in [5.74, 6) is -0.212. The zero-order valence-electron chi connectivity index (χ0n) is 14.7. The van der Waals surface area contributed by atoms with Gasteiger partial charge in [0.15, 0.2) is 22.2 Å². The molecular weight excluding hydrogens is 372 g/mol. The number of benzene rings is 1. The van der Waals surface area contributed by atoms with Gasteiger partial charge in [-0.2, -0.15) is 0 Å². The number of carbonyl (C=O) groups excluding carboxylic acids is 2. The molecule has 5 nitrogen and oxygen atoms in total. The smallest absolute Gasteiger partial charge is 0.339 e. The van der Waals surface area contributed by atoms with Gasteiger partial charge < -0.3 is 4.74 Å². The van der Waals surface area contributed by atoms with Gasteiger partial charge in [-0.05, 0) is 55.0 Å². The number of rotatable bonds is 5. The molecular formula is C19H20O5S2. The van der Waals surface area contributed by atoms with E-state index in [-0.39, 0.29) is 17.3 Å². The Morgan fingerprint density at radius 2 is 1.92 bits per heavy atom. The van der Waals surface area contributed by atoms with Gasteiger partial charge in [0.2, 0.25) is 0 Å². The monoisotopic (exact) mass is 392 g/mol. The molecule has 138 valence electrons. The lowest BCUT2D eigenvalue weighted by Gasteiger charge is -2.18. The van der Waals surface area contributed by atoms with Gasteiger partial charge >= 0.3 is 5.97 Å². The van der Waals surface area contributed by atoms with Crippen LogP contribution in [0.1, 0.15) is 44.5 Å². The molecule has 1 unspecified atom stereocenters. The first kappa shape index (κ1) is 18.8. The number of sulfone groups is 1. The van der Waals surface area contributed by atoms with Crippen LogP contribution in [-0.4, -0.2) is 33.0 Å². The van der Waals surface area contributed by atoms with Crippen molar-refractivity contribution in [2.45, 2.75) is 31.1 Å². The number of fused-ring (bicyclic) bond motifs is 1. The minimum atomic E-state index is -3.31. The Balaban J connectivity index is 1.64. The SMILES string of the molecule is CC1CCc2c(C(=O)OCC(=O)c3ccc(S(C)(=O)=O)cc3)csc2C1. The number of carbonyl (C=O) groups is 2. The van der Waals surface area contributed by atoms with Crippen molar-refractivity contribution in [1.29, 1.82) is 0 Å². The Labute approximate surface area is 156 Å². The Morgan fingerprint density at radius 1 is 1.23 bits per heavy atom. The van der Waals surface area contributed by atoms with Crippen molar-refractivity contribution < 1.29 is 22.7 Å². The second kappa shape index (κ2) is 7.32. The van der Waals surface area contributed by atoms with Crippen molar-refractivity contribution in [3.05, 3.63) is 51.2 Å². The maximum Gasteiger partial charge on any atom is 0.339 e. The van der Waals surface area contributed by atoms with Crippen molar-refractivity contribution in [1.82, 2.24) is 0 Å². The quantitative estimate of drug-likeness (QED) is 0.576. The molecule has 1 aliphatic rings. The lowest BCUT2D eigenvalue weighted by atomic mass is 9.88. The zero-order valence-corrected chi connectivity index (χ0v) is 16.3. The van der Waals surface area contributed by atoms with E-state index >= 15 is 0 Å². The predicted molar refractivity (Wildman–Crippen MR) is 99.7 cm³/mol. The Bertz CT molecular complexity index is 939. The molecule has 0 saturated carbocycles. The molecule has 0 saturated heterocycles. The second-order valence-electron chi connectivity index (χ2n) is 6.69. The largest absolute Gasteiger partial charge is 0.454 e. The van der Waals surface area contributed by atoms with Crippen LogP contribution in [0.4, 0.5) is 0 Å². The van der Waals surface area contributed by atoms with E-state index in [4.69, 9.17) is 4.74 Å². The van der Waals surface area contributed by atoms with Gasteiger partial charge in [0.25, 0.3) is 0 Å². The first-order valence-corrected chi connectivity index (χ1v) is 11.1. The van der Waals surface area contributed by atoms with E-state index in [0.717, 1.165) is 31.1 Å². The topological polar surface area (TPSA) is 77.5 Å². The van der Waals surface area contributed by atoms with Gasteiger partial charge in [-0.1, -0.05) is 6.92 Å². The molecule has 0 amide bonds. The highest BCUT2D eigenvalue weighted by atomic mass is 32.2. The summed E-state index contributed by atoms with van der Waals surface area (Å²) in [5, 5.41) is 1.82. The molecule has 26 heavy (non-hydrogen) atoms. The average molecular weight is 392 g/mol. The van der Waals surface area contributed by atoms with Gasteiger partial charge in [-0.25, -0.2) is 13.2 Å². The first-order valence-electron chi connectivity index (χ1n) is 8.35. The Kier molecular flexibility index (Phi) is 5.29. The van der Waals surface area contributed by atoms with Crippen LogP contribution in [0.5, 0.6) is 0 Å². The van der Waals surface area contributed by atoms with Crippen molar-refractivity contribution in [3.8, 4) is 0 Å². The number of ether oxygens (including phenoxy) is 1. The van der Waals surface area contributed by atoms with E-state index in [0.29, 0.717) is 17.0 Å². The highest BCUT2D eigenvalue weighted by Gasteiger charge is 2.24. The van der Waals surface area contributed by atoms with E-state index < -0.39 is 15.8 Å². The van der Waals surface area contributed by atoms with E-state index in [1.54, 1.807) is 11.3 Å². The van der Waals surface area contributed by atoms with Crippen LogP contribution < -0.4 is 0 Å². The third kappa shape index (κ3) is 4.04. The van der Waals surface area contributed by atoms with Crippen molar-refractivity contribution in [2.75, 3.05) is 12.9 Å². The third-order valence-corrected chi connectivity index (χ3v) is 6.74. The summed E-state index contributed by atoms with van der Waals surface area (Å²) in [4.78, 5) is 25.9. The molecule has 1 aliphatic carbocycles. The van der Waals surface area contributed by atoms with Crippen molar-refractivity contribution in [3.63, 3.8) is 0 Å². The molecule has 0 spiro atoms. The molecule has 7 heteroatoms. The summed E-state index contributed by atoms with van der Waals surface area (Å²) in [6.45, 7) is 1.84. The summed E-state index contributed by atoms with van der Waals surface area (Å²) in [5.41, 5.74) is 1.94. The predicted octanol–water partition coefficient (Wildman–Crippen LogP) is 3.32. The third-order valence-electron chi connectivity index (χ3n) is 4.56. The lowest BCUT2D eigenvalue weighted by molar-refractivity contribution is 0.0474. The number of thiophene rings is 1. The van der Waals surface area contributed by atoms with Crippen LogP contribution in [0, 0.1) is 5.92 Å². The normalized spacial score (nSPS) is 16.8. The number of hydrogen-bond donors (Lipinski definition) is 0. The molecule has 2 aromatic rings. The second-order valence-corrected chi connectivity index (χ2v) is 9.67. The fraction of sp³-hybridized carbons (Fsp3) is 0.368. The van der Waals surface area contributed by atoms with E-state index in [9.17, 15) is 18.0 Å². The standard InChI is InChI=1S/C19H20O5S2/c1-12-3-8-15-16(11-25-18(15)9-12)19(21)24-10-17(20)13-4-6-14(7-5-13)26(2,22)23/h4-7,11-12H,3,8-10H2,1-2H3. The summed E-state index contributed by atoms with van der Waals surface area (Å²) >= 11 is 1.58. The first-order chi connectivity index (χ1) is 12.3. The lowest BCUT2D eigenvalue weighted by Crippen LogP contribution is -2.17. The van der Waals surface area contributed by atoms with Crippen LogP contribution in [0.25, 0.3) is 0 Å². The number of Topliss-reactive ketones (excluding diaryl/α,β-unsaturated/α-hetero) is 1. The molecule has 1 heterocycles. The summed E-state index contributed by atoms with van der Waals surface area (Å²) in [6, 6.07) is 5.61. The molecule has 0 radical (unpaired) electrons. The van der Waals surface area contributed by atoms with Crippen molar-refractivity contribution in [2.24, 2.45) is 5.92 Å². The van der Waals surface area contributed by atoms with E-state index in [1.807, 2.05) is 5.38 Å². The molecule has 1 aromatic heterocycles. The Morgan fingerprint density at radius 3 is 2.58 bits per heavy atom. The van der Waals surface area contributed by atoms with Crippen LogP contribution in [-0.2, 0) is 27.4 Å². The highest BCUT2D eigenvalue weighted by Crippen LogP contribution is 2.33. The summed E-state index contributed by atoms with van der Waals surface area (Å²) < 4.78 is 28.1. The number of hydrogen-bond acceptors (Lipinski definition) is 6. The van der Waals surface area contributed by atoms with Gasteiger partial charge in [-0.15, -0.1) is 11.3 Å². The molecule has 3 rings (SSSR count). The van der Waals surface area contributed by atoms with Crippen LogP contribution in [0.2, 0.25) is 0 Å². The molecule has 0 bridgehead atoms. The fourth-order valence-electron chi connectivity index (χ4n) is 3.03. The molecule has 0 fully saturated rings. The minimum Gasteiger partial charge on any atom is -0.454 e. The van der Waals surface area contributed by atoms with Gasteiger partial charge in [0, 0.05) is 22.1 Å². The van der Waals surface area contributed by atoms with Crippen LogP contribution >= 0.6 is 11.3 Å². The molecule has 1 aromatic carbocycles. The molecule has 0 aliphatic heterocycles. The van der Waals surface area contributed by atoms with Gasteiger partial charge in [0.1, 0.15) is 0 Å². The van der Waals surface area contributed by atoms with Gasteiger partial charge in [0.05, 0.1) is 10.5 Å². The molecule has 1 atom stereocenters. The maximum atomic E-state index is 12.3. The van der Waals surface area contributed by atoms with Crippen LogP contribution in [0.15, 0.2) is 34.5 Å². The number of ketones is 1. The van der Waals surface area contributed by atoms with E-state index in [2.05, 4.69) is 6.92 Å². The van der Waals surface area contributed by atoms with Crippen LogP contribution in [0.3, 0.4) is 0 Å². The molecule has 0 N–H and O–H groups in total. The zero-order chi connectivity index (χ0) is 18.9. The number of esters is 1.